The average Bonchev–Trinajstić information content (AvgIpc) is 2.69. The minimum absolute atomic E-state index is 0.0590. The first-order valence-corrected chi connectivity index (χ1v) is 9.55. The molecular formula is C21H25F3N4O. The Morgan fingerprint density at radius 3 is 2.34 bits per heavy atom. The van der Waals surface area contributed by atoms with Gasteiger partial charge < -0.3 is 10.2 Å². The van der Waals surface area contributed by atoms with E-state index in [0.29, 0.717) is 6.54 Å². The Kier molecular flexibility index (Phi) is 6.54. The zero-order valence-electron chi connectivity index (χ0n) is 16.5. The number of carbonyl (C=O) groups is 1. The lowest BCUT2D eigenvalue weighted by Crippen LogP contribution is -2.47. The van der Waals surface area contributed by atoms with Gasteiger partial charge in [-0.05, 0) is 31.7 Å². The van der Waals surface area contributed by atoms with Crippen LogP contribution in [-0.4, -0.2) is 60.5 Å². The molecule has 0 radical (unpaired) electrons. The molecular weight excluding hydrogens is 381 g/mol. The molecule has 2 aromatic rings. The summed E-state index contributed by atoms with van der Waals surface area (Å²) in [6.07, 6.45) is -4.53. The van der Waals surface area contributed by atoms with Crippen LogP contribution in [0.2, 0.25) is 0 Å². The highest BCUT2D eigenvalue weighted by Crippen LogP contribution is 2.28. The molecule has 29 heavy (non-hydrogen) atoms. The Morgan fingerprint density at radius 1 is 1.10 bits per heavy atom. The largest absolute Gasteiger partial charge is 0.433 e. The van der Waals surface area contributed by atoms with Gasteiger partial charge in [-0.3, -0.25) is 9.69 Å². The molecule has 156 valence electrons. The summed E-state index contributed by atoms with van der Waals surface area (Å²) in [5.41, 5.74) is 0.168. The fourth-order valence-electron chi connectivity index (χ4n) is 3.40. The van der Waals surface area contributed by atoms with Crippen molar-refractivity contribution in [1.82, 2.24) is 20.1 Å². The molecule has 3 rings (SSSR count). The molecule has 8 heteroatoms. The first kappa shape index (κ1) is 21.3. The van der Waals surface area contributed by atoms with E-state index in [1.54, 1.807) is 0 Å². The smallest absolute Gasteiger partial charge is 0.344 e. The fraction of sp³-hybridized carbons (Fsp3) is 0.429. The summed E-state index contributed by atoms with van der Waals surface area (Å²) in [5.74, 6) is -0.424. The van der Waals surface area contributed by atoms with E-state index >= 15 is 0 Å². The lowest BCUT2D eigenvalue weighted by atomic mass is 10.0. The van der Waals surface area contributed by atoms with Crippen molar-refractivity contribution in [2.75, 3.05) is 39.8 Å². The number of likely N-dealkylation sites (N-methyl/N-ethyl adjacent to an activating group) is 1. The highest BCUT2D eigenvalue weighted by Gasteiger charge is 2.33. The van der Waals surface area contributed by atoms with Gasteiger partial charge in [0.2, 0.25) is 0 Å². The van der Waals surface area contributed by atoms with Crippen LogP contribution in [0.4, 0.5) is 13.2 Å². The first-order chi connectivity index (χ1) is 13.7. The number of amides is 1. The zero-order chi connectivity index (χ0) is 21.0. The van der Waals surface area contributed by atoms with Gasteiger partial charge in [0.15, 0.2) is 0 Å². The van der Waals surface area contributed by atoms with Gasteiger partial charge >= 0.3 is 6.18 Å². The second-order valence-corrected chi connectivity index (χ2v) is 7.37. The maximum absolute atomic E-state index is 12.8. The molecule has 1 fully saturated rings. The molecule has 1 aromatic carbocycles. The van der Waals surface area contributed by atoms with Crippen molar-refractivity contribution in [2.24, 2.45) is 0 Å². The molecule has 0 saturated carbocycles. The Labute approximate surface area is 168 Å². The summed E-state index contributed by atoms with van der Waals surface area (Å²) in [6.45, 7) is 5.76. The summed E-state index contributed by atoms with van der Waals surface area (Å²) in [4.78, 5) is 21.0. The van der Waals surface area contributed by atoms with E-state index in [2.05, 4.69) is 27.1 Å². The van der Waals surface area contributed by atoms with Crippen LogP contribution in [-0.2, 0) is 6.18 Å². The van der Waals surface area contributed by atoms with Crippen molar-refractivity contribution in [3.63, 3.8) is 0 Å². The second-order valence-electron chi connectivity index (χ2n) is 7.37. The average molecular weight is 406 g/mol. The molecule has 0 spiro atoms. The number of pyridine rings is 1. The van der Waals surface area contributed by atoms with Crippen molar-refractivity contribution < 1.29 is 18.0 Å². The zero-order valence-corrected chi connectivity index (χ0v) is 16.5. The Morgan fingerprint density at radius 2 is 1.76 bits per heavy atom. The number of nitrogens with one attached hydrogen (secondary N) is 1. The SMILES string of the molecule is Cc1nc(C(F)(F)F)ccc1C(=O)NC(CN1CCN(C)CC1)c1ccccc1. The normalized spacial score (nSPS) is 17.1. The molecule has 1 unspecified atom stereocenters. The minimum atomic E-state index is -4.53. The van der Waals surface area contributed by atoms with Crippen molar-refractivity contribution >= 4 is 5.91 Å². The molecule has 1 aliphatic heterocycles. The molecule has 1 atom stereocenters. The van der Waals surface area contributed by atoms with E-state index in [-0.39, 0.29) is 17.3 Å². The number of aromatic nitrogens is 1. The van der Waals surface area contributed by atoms with Crippen LogP contribution < -0.4 is 5.32 Å². The quantitative estimate of drug-likeness (QED) is 0.829. The van der Waals surface area contributed by atoms with Crippen LogP contribution in [0.15, 0.2) is 42.5 Å². The number of piperazine rings is 1. The minimum Gasteiger partial charge on any atom is -0.344 e. The van der Waals surface area contributed by atoms with Crippen LogP contribution in [0.1, 0.15) is 33.4 Å². The maximum atomic E-state index is 12.8. The van der Waals surface area contributed by atoms with Crippen molar-refractivity contribution in [1.29, 1.82) is 0 Å². The van der Waals surface area contributed by atoms with Crippen molar-refractivity contribution in [3.8, 4) is 0 Å². The monoisotopic (exact) mass is 406 g/mol. The third kappa shape index (κ3) is 5.55. The van der Waals surface area contributed by atoms with E-state index in [9.17, 15) is 18.0 Å². The number of aryl methyl sites for hydroxylation is 1. The van der Waals surface area contributed by atoms with Crippen LogP contribution in [0.3, 0.4) is 0 Å². The van der Waals surface area contributed by atoms with E-state index in [1.165, 1.54) is 13.0 Å². The van der Waals surface area contributed by atoms with Gasteiger partial charge in [0.25, 0.3) is 5.91 Å². The van der Waals surface area contributed by atoms with Crippen LogP contribution in [0.25, 0.3) is 0 Å². The molecule has 2 heterocycles. The topological polar surface area (TPSA) is 48.5 Å². The molecule has 5 nitrogen and oxygen atoms in total. The number of nitrogens with zero attached hydrogens (tertiary/aromatic N) is 3. The predicted molar refractivity (Wildman–Crippen MR) is 105 cm³/mol. The second kappa shape index (κ2) is 8.92. The summed E-state index contributed by atoms with van der Waals surface area (Å²) in [6, 6.07) is 11.4. The number of hydrogen-bond donors (Lipinski definition) is 1. The molecule has 0 bridgehead atoms. The molecule has 0 aliphatic carbocycles. The molecule has 1 amide bonds. The van der Waals surface area contributed by atoms with E-state index in [0.717, 1.165) is 37.8 Å². The van der Waals surface area contributed by atoms with Crippen LogP contribution in [0.5, 0.6) is 0 Å². The number of alkyl halides is 3. The van der Waals surface area contributed by atoms with E-state index < -0.39 is 17.8 Å². The lowest BCUT2D eigenvalue weighted by molar-refractivity contribution is -0.141. The summed E-state index contributed by atoms with van der Waals surface area (Å²) in [5, 5.41) is 2.99. The summed E-state index contributed by atoms with van der Waals surface area (Å²) < 4.78 is 38.5. The first-order valence-electron chi connectivity index (χ1n) is 9.55. The van der Waals surface area contributed by atoms with Gasteiger partial charge in [-0.2, -0.15) is 13.2 Å². The Balaban J connectivity index is 1.77. The number of halogens is 3. The van der Waals surface area contributed by atoms with Crippen LogP contribution >= 0.6 is 0 Å². The standard InChI is InChI=1S/C21H25F3N4O/c1-15-17(8-9-19(25-15)21(22,23)24)20(29)26-18(16-6-4-3-5-7-16)14-28-12-10-27(2)11-13-28/h3-9,18H,10-14H2,1-2H3,(H,26,29). The van der Waals surface area contributed by atoms with Gasteiger partial charge in [-0.15, -0.1) is 0 Å². The van der Waals surface area contributed by atoms with E-state index in [4.69, 9.17) is 0 Å². The van der Waals surface area contributed by atoms with Gasteiger partial charge in [0.1, 0.15) is 5.69 Å². The number of hydrogen-bond acceptors (Lipinski definition) is 4. The van der Waals surface area contributed by atoms with Gasteiger partial charge in [-0.1, -0.05) is 30.3 Å². The van der Waals surface area contributed by atoms with Gasteiger partial charge in [-0.25, -0.2) is 4.98 Å². The molecule has 1 saturated heterocycles. The van der Waals surface area contributed by atoms with E-state index in [1.807, 2.05) is 30.3 Å². The van der Waals surface area contributed by atoms with Crippen molar-refractivity contribution in [3.05, 3.63) is 65.0 Å². The molecule has 1 aromatic heterocycles. The maximum Gasteiger partial charge on any atom is 0.433 e. The fourth-order valence-corrected chi connectivity index (χ4v) is 3.40. The number of benzene rings is 1. The predicted octanol–water partition coefficient (Wildman–Crippen LogP) is 3.13. The summed E-state index contributed by atoms with van der Waals surface area (Å²) >= 11 is 0. The highest BCUT2D eigenvalue weighted by molar-refractivity contribution is 5.95. The molecule has 1 aliphatic rings. The third-order valence-corrected chi connectivity index (χ3v) is 5.16. The van der Waals surface area contributed by atoms with Crippen LogP contribution in [0, 0.1) is 6.92 Å². The highest BCUT2D eigenvalue weighted by atomic mass is 19.4. The lowest BCUT2D eigenvalue weighted by Gasteiger charge is -2.35. The molecule has 1 N–H and O–H groups in total. The Bertz CT molecular complexity index is 834. The third-order valence-electron chi connectivity index (χ3n) is 5.16. The van der Waals surface area contributed by atoms with Gasteiger partial charge in [0, 0.05) is 32.7 Å². The number of rotatable bonds is 5. The van der Waals surface area contributed by atoms with Crippen molar-refractivity contribution in [2.45, 2.75) is 19.1 Å². The Hall–Kier alpha value is -2.45. The van der Waals surface area contributed by atoms with Gasteiger partial charge in [0.05, 0.1) is 17.3 Å². The number of carbonyl (C=O) groups excluding carboxylic acids is 1. The summed E-state index contributed by atoms with van der Waals surface area (Å²) in [7, 11) is 2.08.